The molecule has 4 aromatic rings. The van der Waals surface area contributed by atoms with Gasteiger partial charge in [0.1, 0.15) is 22.6 Å². The fraction of sp³-hybridized carbons (Fsp3) is 0.511. The quantitative estimate of drug-likeness (QED) is 0.149. The van der Waals surface area contributed by atoms with Crippen molar-refractivity contribution < 1.29 is 37.8 Å². The number of piperidine rings is 3. The molecule has 2 aromatic heterocycles. The van der Waals surface area contributed by atoms with E-state index in [1.807, 2.05) is 32.0 Å². The lowest BCUT2D eigenvalue weighted by molar-refractivity contribution is -0.137. The van der Waals surface area contributed by atoms with Crippen LogP contribution in [0.15, 0.2) is 41.3 Å². The number of nitrogens with one attached hydrogen (secondary N) is 3. The van der Waals surface area contributed by atoms with Crippen molar-refractivity contribution in [2.24, 2.45) is 0 Å². The van der Waals surface area contributed by atoms with Gasteiger partial charge in [0.2, 0.25) is 17.8 Å². The molecule has 2 aromatic carbocycles. The van der Waals surface area contributed by atoms with Crippen molar-refractivity contribution in [2.75, 3.05) is 57.2 Å². The minimum Gasteiger partial charge on any atom is -0.496 e. The fourth-order valence-electron chi connectivity index (χ4n) is 10.1. The van der Waals surface area contributed by atoms with Crippen LogP contribution in [0.5, 0.6) is 11.5 Å². The predicted molar refractivity (Wildman–Crippen MR) is 244 cm³/mol. The van der Waals surface area contributed by atoms with Gasteiger partial charge < -0.3 is 44.1 Å². The maximum absolute atomic E-state index is 16.4. The van der Waals surface area contributed by atoms with Crippen molar-refractivity contribution in [1.29, 1.82) is 0 Å². The first-order chi connectivity index (χ1) is 31.8. The first kappa shape index (κ1) is 45.3. The van der Waals surface area contributed by atoms with E-state index in [9.17, 15) is 24.0 Å². The van der Waals surface area contributed by atoms with Gasteiger partial charge in [-0.2, -0.15) is 4.98 Å². The Bertz CT molecular complexity index is 2620. The van der Waals surface area contributed by atoms with Crippen LogP contribution in [0.4, 0.5) is 21.8 Å². The van der Waals surface area contributed by atoms with E-state index in [-0.39, 0.29) is 84.4 Å². The summed E-state index contributed by atoms with van der Waals surface area (Å²) >= 11 is 6.60. The molecule has 0 spiro atoms. The van der Waals surface area contributed by atoms with Crippen molar-refractivity contribution in [1.82, 2.24) is 35.0 Å². The van der Waals surface area contributed by atoms with Gasteiger partial charge in [0, 0.05) is 60.8 Å². The zero-order valence-corrected chi connectivity index (χ0v) is 38.3. The molecule has 17 nitrogen and oxygen atoms in total. The summed E-state index contributed by atoms with van der Waals surface area (Å²) in [4.78, 5) is 78.1. The van der Waals surface area contributed by atoms with Crippen molar-refractivity contribution in [3.63, 3.8) is 0 Å². The smallest absolute Gasteiger partial charge is 0.293 e. The molecule has 5 aliphatic rings. The Morgan fingerprint density at radius 1 is 0.985 bits per heavy atom. The van der Waals surface area contributed by atoms with Crippen LogP contribution in [0.2, 0.25) is 5.02 Å². The molecule has 1 atom stereocenters. The number of aromatic nitrogens is 3. The van der Waals surface area contributed by atoms with Crippen LogP contribution in [0.3, 0.4) is 0 Å². The molecule has 0 unspecified atom stereocenters. The number of ether oxygens (including phenoxy) is 3. The van der Waals surface area contributed by atoms with Crippen LogP contribution >= 0.6 is 11.6 Å². The number of benzene rings is 2. The van der Waals surface area contributed by atoms with E-state index in [4.69, 9.17) is 30.8 Å². The highest BCUT2D eigenvalue weighted by molar-refractivity contribution is 6.33. The number of halogens is 2. The van der Waals surface area contributed by atoms with E-state index in [0.717, 1.165) is 75.6 Å². The maximum Gasteiger partial charge on any atom is 0.293 e. The van der Waals surface area contributed by atoms with Gasteiger partial charge in [-0.1, -0.05) is 11.6 Å². The first-order valence-corrected chi connectivity index (χ1v) is 23.2. The average molecular weight is 928 g/mol. The molecule has 9 rings (SSSR count). The molecule has 0 bridgehead atoms. The van der Waals surface area contributed by atoms with Gasteiger partial charge >= 0.3 is 0 Å². The van der Waals surface area contributed by atoms with Crippen molar-refractivity contribution in [2.45, 2.75) is 108 Å². The lowest BCUT2D eigenvalue weighted by Gasteiger charge is -2.47. The zero-order valence-electron chi connectivity index (χ0n) is 37.5. The summed E-state index contributed by atoms with van der Waals surface area (Å²) in [5, 5.41) is 9.22. The second-order valence-electron chi connectivity index (χ2n) is 18.1. The number of hydrogen-bond acceptors (Lipinski definition) is 13. The fourth-order valence-corrected chi connectivity index (χ4v) is 10.3. The lowest BCUT2D eigenvalue weighted by atomic mass is 9.82. The Morgan fingerprint density at radius 2 is 1.74 bits per heavy atom. The van der Waals surface area contributed by atoms with Gasteiger partial charge in [0.25, 0.3) is 17.4 Å². The summed E-state index contributed by atoms with van der Waals surface area (Å²) in [7, 11) is 3.00. The minimum absolute atomic E-state index is 0.0145. The van der Waals surface area contributed by atoms with E-state index in [0.29, 0.717) is 39.8 Å². The average Bonchev–Trinajstić information content (AvgIpc) is 3.62. The van der Waals surface area contributed by atoms with Gasteiger partial charge in [-0.15, -0.1) is 0 Å². The summed E-state index contributed by atoms with van der Waals surface area (Å²) in [6.07, 6.45) is 7.31. The van der Waals surface area contributed by atoms with E-state index in [1.54, 1.807) is 22.9 Å². The molecule has 3 saturated heterocycles. The summed E-state index contributed by atoms with van der Waals surface area (Å²) in [5.41, 5.74) is 2.11. The highest BCUT2D eigenvalue weighted by Gasteiger charge is 2.43. The third-order valence-electron chi connectivity index (χ3n) is 13.8. The third-order valence-corrected chi connectivity index (χ3v) is 14.1. The Balaban J connectivity index is 0.759. The van der Waals surface area contributed by atoms with E-state index >= 15 is 4.39 Å². The number of hydrogen-bond donors (Lipinski definition) is 3. The number of pyridine rings is 1. The number of amides is 4. The van der Waals surface area contributed by atoms with Crippen LogP contribution in [-0.2, 0) is 25.7 Å². The molecule has 19 heteroatoms. The molecule has 1 aliphatic carbocycles. The van der Waals surface area contributed by atoms with Gasteiger partial charge in [-0.25, -0.2) is 9.37 Å². The van der Waals surface area contributed by atoms with Crippen molar-refractivity contribution in [3.8, 4) is 11.5 Å². The normalized spacial score (nSPS) is 21.8. The monoisotopic (exact) mass is 927 g/mol. The SMILES string of the molecule is CNC(=O)COc1cc2cc(Nc3nc(N4CCC(OC5CC(N6CCC(c7c(OC)cc8c(c7F)CN([C@@H]7CCC(=O)NC7=O)C8=O)CC6)C5)CC4)ncc3Cl)ccc2n(C(C)C)c1=O. The second kappa shape index (κ2) is 18.8. The molecule has 4 fully saturated rings. The number of fused-ring (bicyclic) bond motifs is 2. The number of imide groups is 1. The summed E-state index contributed by atoms with van der Waals surface area (Å²) in [6, 6.07) is 8.31. The number of likely N-dealkylation sites (tertiary alicyclic amines) is 1. The van der Waals surface area contributed by atoms with Crippen LogP contribution < -0.4 is 35.9 Å². The number of likely N-dealkylation sites (N-methyl/N-ethyl adjacent to an activating group) is 1. The van der Waals surface area contributed by atoms with Crippen LogP contribution in [-0.4, -0.2) is 119 Å². The number of methoxy groups -OCH3 is 1. The Morgan fingerprint density at radius 3 is 2.44 bits per heavy atom. The minimum atomic E-state index is -0.814. The van der Waals surface area contributed by atoms with E-state index in [2.05, 4.69) is 30.7 Å². The second-order valence-corrected chi connectivity index (χ2v) is 18.5. The van der Waals surface area contributed by atoms with Gasteiger partial charge in [-0.3, -0.25) is 29.3 Å². The molecule has 0 radical (unpaired) electrons. The molecule has 4 amide bonds. The maximum atomic E-state index is 16.4. The van der Waals surface area contributed by atoms with Crippen molar-refractivity contribution >= 4 is 63.6 Å². The highest BCUT2D eigenvalue weighted by atomic mass is 35.5. The molecular weight excluding hydrogens is 873 g/mol. The number of carbonyl (C=O) groups excluding carboxylic acids is 4. The first-order valence-electron chi connectivity index (χ1n) is 22.8. The molecule has 66 heavy (non-hydrogen) atoms. The Kier molecular flexibility index (Phi) is 12.9. The largest absolute Gasteiger partial charge is 0.496 e. The van der Waals surface area contributed by atoms with Crippen LogP contribution in [0, 0.1) is 5.82 Å². The van der Waals surface area contributed by atoms with Gasteiger partial charge in [-0.05, 0) is 108 Å². The summed E-state index contributed by atoms with van der Waals surface area (Å²) in [6.45, 7) is 6.62. The number of carbonyl (C=O) groups is 4. The lowest BCUT2D eigenvalue weighted by Crippen LogP contribution is -2.52. The zero-order chi connectivity index (χ0) is 46.4. The van der Waals surface area contributed by atoms with Gasteiger partial charge in [0.15, 0.2) is 18.2 Å². The molecule has 4 aliphatic heterocycles. The highest BCUT2D eigenvalue weighted by Crippen LogP contribution is 2.43. The standard InChI is InChI=1S/C47H55ClFN9O8/c1-25(2)58-35-6-5-28(17-27(35)18-38(46(58)63)65-24-40(60)50-3)52-43-34(48)22-51-47(54-43)56-15-11-30(12-16-56)66-31-19-29(20-31)55-13-9-26(10-14-55)41-37(64-4)21-32-33(42(41)49)23-57(45(32)62)36-7-8-39(59)53-44(36)61/h5-6,17-18,21-22,25-26,29-31,36H,7-16,19-20,23-24H2,1-4H3,(H,50,60)(H,51,52,54)(H,53,59,61)/t29?,31?,36-/m1/s1. The topological polar surface area (TPSA) is 190 Å². The molecule has 350 valence electrons. The van der Waals surface area contributed by atoms with Crippen LogP contribution in [0.25, 0.3) is 10.9 Å². The van der Waals surface area contributed by atoms with Gasteiger partial charge in [0.05, 0.1) is 43.1 Å². The number of anilines is 3. The Labute approximate surface area is 386 Å². The Hall–Kier alpha value is -5.85. The molecule has 1 saturated carbocycles. The van der Waals surface area contributed by atoms with E-state index < -0.39 is 23.7 Å². The molecule has 3 N–H and O–H groups in total. The van der Waals surface area contributed by atoms with Crippen molar-refractivity contribution in [3.05, 3.63) is 74.4 Å². The van der Waals surface area contributed by atoms with Crippen LogP contribution in [0.1, 0.15) is 98.7 Å². The number of rotatable bonds is 13. The van der Waals surface area contributed by atoms with E-state index in [1.165, 1.54) is 19.1 Å². The summed E-state index contributed by atoms with van der Waals surface area (Å²) < 4.78 is 35.9. The third kappa shape index (κ3) is 8.89. The molecular formula is C47H55ClFN9O8. The molecule has 6 heterocycles. The number of nitrogens with zero attached hydrogens (tertiary/aromatic N) is 6. The summed E-state index contributed by atoms with van der Waals surface area (Å²) in [5.74, 6) is -0.713. The predicted octanol–water partition coefficient (Wildman–Crippen LogP) is 5.20.